The van der Waals surface area contributed by atoms with Crippen molar-refractivity contribution in [3.05, 3.63) is 71.4 Å². The average molecular weight is 430 g/mol. The van der Waals surface area contributed by atoms with Gasteiger partial charge in [0, 0.05) is 36.3 Å². The summed E-state index contributed by atoms with van der Waals surface area (Å²) < 4.78 is 2.48. The van der Waals surface area contributed by atoms with Crippen LogP contribution in [0, 0.1) is 12.8 Å². The van der Waals surface area contributed by atoms with Gasteiger partial charge in [0.25, 0.3) is 0 Å². The number of hydrogen-bond donors (Lipinski definition) is 1. The third-order valence-electron chi connectivity index (χ3n) is 7.37. The molecule has 3 aromatic rings. The van der Waals surface area contributed by atoms with Gasteiger partial charge in [0.05, 0.1) is 0 Å². The van der Waals surface area contributed by atoms with Crippen LogP contribution in [0.2, 0.25) is 0 Å². The van der Waals surface area contributed by atoms with Crippen LogP contribution in [0.15, 0.2) is 54.6 Å². The van der Waals surface area contributed by atoms with Gasteiger partial charge in [-0.25, -0.2) is 0 Å². The molecule has 1 aliphatic carbocycles. The number of rotatable bonds is 6. The number of para-hydroxylation sites is 1. The van der Waals surface area contributed by atoms with Crippen LogP contribution in [0.4, 0.5) is 0 Å². The van der Waals surface area contributed by atoms with Crippen molar-refractivity contribution in [3.63, 3.8) is 0 Å². The van der Waals surface area contributed by atoms with E-state index in [1.165, 1.54) is 40.6 Å². The zero-order chi connectivity index (χ0) is 21.9. The molecule has 32 heavy (non-hydrogen) atoms. The number of fused-ring (bicyclic) bond motifs is 1. The zero-order valence-corrected chi connectivity index (χ0v) is 19.2. The molecule has 0 spiro atoms. The number of aryl methyl sites for hydroxylation is 1. The van der Waals surface area contributed by atoms with Crippen LogP contribution < -0.4 is 5.32 Å². The quantitative estimate of drug-likeness (QED) is 0.580. The summed E-state index contributed by atoms with van der Waals surface area (Å²) >= 11 is 0. The fourth-order valence-electron chi connectivity index (χ4n) is 5.55. The minimum absolute atomic E-state index is 0.185. The van der Waals surface area contributed by atoms with Crippen LogP contribution in [-0.2, 0) is 17.9 Å². The lowest BCUT2D eigenvalue weighted by atomic mass is 9.95. The average Bonchev–Trinajstić information content (AvgIpc) is 3.43. The summed E-state index contributed by atoms with van der Waals surface area (Å²) in [7, 11) is 0. The van der Waals surface area contributed by atoms with Gasteiger partial charge >= 0.3 is 0 Å². The number of carbonyl (C=O) groups excluding carboxylic acids is 1. The van der Waals surface area contributed by atoms with Crippen molar-refractivity contribution in [1.82, 2.24) is 14.8 Å². The molecule has 1 saturated heterocycles. The fourth-order valence-corrected chi connectivity index (χ4v) is 5.55. The number of likely N-dealkylation sites (tertiary alicyclic amines) is 1. The molecular formula is C28H35N3O. The van der Waals surface area contributed by atoms with E-state index in [9.17, 15) is 4.79 Å². The predicted octanol–water partition coefficient (Wildman–Crippen LogP) is 5.27. The summed E-state index contributed by atoms with van der Waals surface area (Å²) in [6.45, 7) is 5.98. The number of amides is 1. The summed E-state index contributed by atoms with van der Waals surface area (Å²) in [4.78, 5) is 15.2. The number of nitrogens with one attached hydrogen (secondary N) is 1. The Hall–Kier alpha value is -2.59. The highest BCUT2D eigenvalue weighted by Gasteiger charge is 2.27. The van der Waals surface area contributed by atoms with E-state index in [0.29, 0.717) is 11.9 Å². The van der Waals surface area contributed by atoms with Gasteiger partial charge in [-0.3, -0.25) is 9.69 Å². The smallest absolute Gasteiger partial charge is 0.223 e. The number of hydrogen-bond acceptors (Lipinski definition) is 2. The Morgan fingerprint density at radius 1 is 0.938 bits per heavy atom. The third kappa shape index (κ3) is 4.75. The minimum atomic E-state index is 0.185. The van der Waals surface area contributed by atoms with Crippen molar-refractivity contribution < 1.29 is 4.79 Å². The number of benzene rings is 2. The van der Waals surface area contributed by atoms with E-state index >= 15 is 0 Å². The highest BCUT2D eigenvalue weighted by atomic mass is 16.1. The van der Waals surface area contributed by atoms with E-state index in [1.54, 1.807) is 0 Å². The van der Waals surface area contributed by atoms with Crippen LogP contribution in [0.1, 0.15) is 55.3 Å². The van der Waals surface area contributed by atoms with Crippen molar-refractivity contribution in [2.75, 3.05) is 13.1 Å². The molecule has 4 nitrogen and oxygen atoms in total. The summed E-state index contributed by atoms with van der Waals surface area (Å²) in [5.41, 5.74) is 5.31. The van der Waals surface area contributed by atoms with Crippen molar-refractivity contribution in [2.45, 2.75) is 64.6 Å². The molecule has 2 aliphatic rings. The van der Waals surface area contributed by atoms with Gasteiger partial charge in [-0.1, -0.05) is 60.9 Å². The van der Waals surface area contributed by atoms with Crippen molar-refractivity contribution in [1.29, 1.82) is 0 Å². The topological polar surface area (TPSA) is 37.3 Å². The molecule has 0 atom stereocenters. The zero-order valence-electron chi connectivity index (χ0n) is 19.2. The second-order valence-corrected chi connectivity index (χ2v) is 9.81. The summed E-state index contributed by atoms with van der Waals surface area (Å²) in [6.07, 6.45) is 6.79. The van der Waals surface area contributed by atoms with Gasteiger partial charge in [-0.05, 0) is 68.8 Å². The molecule has 1 aromatic heterocycles. The lowest BCUT2D eigenvalue weighted by Crippen LogP contribution is -2.43. The second-order valence-electron chi connectivity index (χ2n) is 9.81. The Morgan fingerprint density at radius 3 is 2.50 bits per heavy atom. The standard InChI is InChI=1S/C28H35N3O/c1-21-7-6-8-22(17-21)19-31-26(18-24-9-2-5-12-27(24)31)20-30-15-13-23(14-16-30)28(32)29-25-10-3-4-11-25/h2,5-9,12,17-18,23,25H,3-4,10-11,13-16,19-20H2,1H3,(H,29,32). The fraction of sp³-hybridized carbons (Fsp3) is 0.464. The van der Waals surface area contributed by atoms with Crippen LogP contribution >= 0.6 is 0 Å². The van der Waals surface area contributed by atoms with Gasteiger partial charge in [0.2, 0.25) is 5.91 Å². The lowest BCUT2D eigenvalue weighted by molar-refractivity contribution is -0.127. The first kappa shape index (κ1) is 21.3. The van der Waals surface area contributed by atoms with Gasteiger partial charge in [0.15, 0.2) is 0 Å². The molecule has 2 fully saturated rings. The maximum atomic E-state index is 12.7. The first-order valence-corrected chi connectivity index (χ1v) is 12.3. The summed E-state index contributed by atoms with van der Waals surface area (Å²) in [5, 5.41) is 4.62. The Morgan fingerprint density at radius 2 is 1.72 bits per heavy atom. The van der Waals surface area contributed by atoms with Crippen LogP contribution in [-0.4, -0.2) is 34.5 Å². The van der Waals surface area contributed by atoms with Crippen LogP contribution in [0.25, 0.3) is 10.9 Å². The maximum absolute atomic E-state index is 12.7. The summed E-state index contributed by atoms with van der Waals surface area (Å²) in [6, 6.07) is 20.3. The molecule has 0 unspecified atom stereocenters. The maximum Gasteiger partial charge on any atom is 0.223 e. The Kier molecular flexibility index (Phi) is 6.31. The second kappa shape index (κ2) is 9.50. The molecule has 2 aromatic carbocycles. The minimum Gasteiger partial charge on any atom is -0.353 e. The van der Waals surface area contributed by atoms with Gasteiger partial charge < -0.3 is 9.88 Å². The van der Waals surface area contributed by atoms with Crippen molar-refractivity contribution >= 4 is 16.8 Å². The Labute approximate surface area is 191 Å². The van der Waals surface area contributed by atoms with Gasteiger partial charge in [-0.15, -0.1) is 0 Å². The number of aromatic nitrogens is 1. The number of carbonyl (C=O) groups is 1. The largest absolute Gasteiger partial charge is 0.353 e. The Bertz CT molecular complexity index is 1070. The van der Waals surface area contributed by atoms with Crippen LogP contribution in [0.3, 0.4) is 0 Å². The van der Waals surface area contributed by atoms with E-state index in [1.807, 2.05) is 0 Å². The molecule has 1 saturated carbocycles. The first-order valence-electron chi connectivity index (χ1n) is 12.3. The van der Waals surface area contributed by atoms with E-state index in [0.717, 1.165) is 51.9 Å². The van der Waals surface area contributed by atoms with E-state index < -0.39 is 0 Å². The summed E-state index contributed by atoms with van der Waals surface area (Å²) in [5.74, 6) is 0.482. The van der Waals surface area contributed by atoms with Crippen molar-refractivity contribution in [2.24, 2.45) is 5.92 Å². The molecule has 2 heterocycles. The first-order chi connectivity index (χ1) is 15.7. The monoisotopic (exact) mass is 429 g/mol. The number of piperidine rings is 1. The van der Waals surface area contributed by atoms with E-state index in [4.69, 9.17) is 0 Å². The highest BCUT2D eigenvalue weighted by molar-refractivity contribution is 5.81. The van der Waals surface area contributed by atoms with E-state index in [-0.39, 0.29) is 5.92 Å². The van der Waals surface area contributed by atoms with Gasteiger partial charge in [-0.2, -0.15) is 0 Å². The molecule has 5 rings (SSSR count). The van der Waals surface area contributed by atoms with Gasteiger partial charge in [0.1, 0.15) is 0 Å². The van der Waals surface area contributed by atoms with E-state index in [2.05, 4.69) is 76.3 Å². The molecular weight excluding hydrogens is 394 g/mol. The molecule has 1 amide bonds. The SMILES string of the molecule is Cc1cccc(Cn2c(CN3CCC(C(=O)NC4CCCC4)CC3)cc3ccccc32)c1. The molecule has 0 bridgehead atoms. The molecule has 0 radical (unpaired) electrons. The molecule has 4 heteroatoms. The molecule has 1 N–H and O–H groups in total. The normalized spacial score (nSPS) is 18.4. The molecule has 168 valence electrons. The predicted molar refractivity (Wildman–Crippen MR) is 131 cm³/mol. The van der Waals surface area contributed by atoms with Crippen molar-refractivity contribution in [3.8, 4) is 0 Å². The molecule has 1 aliphatic heterocycles. The highest BCUT2D eigenvalue weighted by Crippen LogP contribution is 2.26. The Balaban J connectivity index is 1.27. The van der Waals surface area contributed by atoms with Crippen LogP contribution in [0.5, 0.6) is 0 Å². The number of nitrogens with zero attached hydrogens (tertiary/aromatic N) is 2. The lowest BCUT2D eigenvalue weighted by Gasteiger charge is -2.32. The third-order valence-corrected chi connectivity index (χ3v) is 7.37.